The summed E-state index contributed by atoms with van der Waals surface area (Å²) in [6.45, 7) is 2.83. The van der Waals surface area contributed by atoms with Crippen molar-refractivity contribution in [1.29, 1.82) is 0 Å². The first kappa shape index (κ1) is 17.4. The fourth-order valence-electron chi connectivity index (χ4n) is 3.76. The van der Waals surface area contributed by atoms with Crippen LogP contribution in [0.2, 0.25) is 0 Å². The van der Waals surface area contributed by atoms with Gasteiger partial charge in [-0.25, -0.2) is 4.68 Å². The van der Waals surface area contributed by atoms with Gasteiger partial charge in [-0.05, 0) is 37.6 Å². The zero-order chi connectivity index (χ0) is 19.8. The lowest BCUT2D eigenvalue weighted by molar-refractivity contribution is 0.102. The molecule has 2 aromatic carbocycles. The van der Waals surface area contributed by atoms with Gasteiger partial charge in [0.15, 0.2) is 5.82 Å². The van der Waals surface area contributed by atoms with E-state index in [2.05, 4.69) is 25.2 Å². The molecule has 0 spiro atoms. The molecule has 7 nitrogen and oxygen atoms in total. The highest BCUT2D eigenvalue weighted by atomic mass is 16.1. The SMILES string of the molecule is Cc1c(C(=O)Nc2cccc(-c3nnc4n3CCC4)c2)cnn1-c1ccccc1. The molecule has 0 saturated heterocycles. The fraction of sp³-hybridized carbons (Fsp3) is 0.182. The molecular weight excluding hydrogens is 364 g/mol. The van der Waals surface area contributed by atoms with Gasteiger partial charge in [-0.1, -0.05) is 30.3 Å². The third-order valence-electron chi connectivity index (χ3n) is 5.24. The molecule has 29 heavy (non-hydrogen) atoms. The van der Waals surface area contributed by atoms with E-state index in [1.54, 1.807) is 10.9 Å². The molecule has 0 radical (unpaired) electrons. The van der Waals surface area contributed by atoms with Crippen LogP contribution < -0.4 is 5.32 Å². The number of amides is 1. The first-order valence-corrected chi connectivity index (χ1v) is 9.64. The van der Waals surface area contributed by atoms with Gasteiger partial charge in [-0.2, -0.15) is 5.10 Å². The highest BCUT2D eigenvalue weighted by Gasteiger charge is 2.19. The Hall–Kier alpha value is -3.74. The molecule has 5 rings (SSSR count). The van der Waals surface area contributed by atoms with Crippen molar-refractivity contribution in [2.45, 2.75) is 26.3 Å². The molecule has 1 amide bonds. The lowest BCUT2D eigenvalue weighted by Gasteiger charge is -2.08. The maximum absolute atomic E-state index is 12.9. The lowest BCUT2D eigenvalue weighted by atomic mass is 10.1. The molecule has 4 aromatic rings. The van der Waals surface area contributed by atoms with Crippen LogP contribution in [0.3, 0.4) is 0 Å². The number of fused-ring (bicyclic) bond motifs is 1. The van der Waals surface area contributed by atoms with E-state index in [4.69, 9.17) is 0 Å². The highest BCUT2D eigenvalue weighted by Crippen LogP contribution is 2.26. The molecule has 0 aliphatic carbocycles. The number of nitrogens with one attached hydrogen (secondary N) is 1. The third-order valence-corrected chi connectivity index (χ3v) is 5.24. The number of hydrogen-bond donors (Lipinski definition) is 1. The minimum atomic E-state index is -0.187. The molecule has 1 aliphatic heterocycles. The molecule has 2 aromatic heterocycles. The Morgan fingerprint density at radius 2 is 1.93 bits per heavy atom. The van der Waals surface area contributed by atoms with Gasteiger partial charge in [-0.15, -0.1) is 10.2 Å². The van der Waals surface area contributed by atoms with Gasteiger partial charge in [0.25, 0.3) is 5.91 Å². The van der Waals surface area contributed by atoms with E-state index in [-0.39, 0.29) is 5.91 Å². The summed E-state index contributed by atoms with van der Waals surface area (Å²) in [4.78, 5) is 12.9. The van der Waals surface area contributed by atoms with Gasteiger partial charge in [0, 0.05) is 24.2 Å². The maximum Gasteiger partial charge on any atom is 0.259 e. The van der Waals surface area contributed by atoms with E-state index in [0.29, 0.717) is 5.56 Å². The number of carbonyl (C=O) groups is 1. The van der Waals surface area contributed by atoms with E-state index < -0.39 is 0 Å². The number of nitrogens with zero attached hydrogens (tertiary/aromatic N) is 5. The Kier molecular flexibility index (Phi) is 4.20. The summed E-state index contributed by atoms with van der Waals surface area (Å²) in [5.41, 5.74) is 3.92. The van der Waals surface area contributed by atoms with Crippen molar-refractivity contribution in [2.24, 2.45) is 0 Å². The van der Waals surface area contributed by atoms with E-state index in [1.165, 1.54) is 0 Å². The monoisotopic (exact) mass is 384 g/mol. The van der Waals surface area contributed by atoms with Crippen molar-refractivity contribution < 1.29 is 4.79 Å². The standard InChI is InChI=1S/C22H20N6O/c1-15-19(14-23-28(15)18-9-3-2-4-10-18)22(29)24-17-8-5-7-16(13-17)21-26-25-20-11-6-12-27(20)21/h2-5,7-10,13-14H,6,11-12H2,1H3,(H,24,29). The van der Waals surface area contributed by atoms with Crippen LogP contribution in [-0.4, -0.2) is 30.5 Å². The molecule has 0 fully saturated rings. The normalized spacial score (nSPS) is 12.7. The average Bonchev–Trinajstić information content (AvgIpc) is 3.44. The van der Waals surface area contributed by atoms with Crippen molar-refractivity contribution in [1.82, 2.24) is 24.5 Å². The van der Waals surface area contributed by atoms with Crippen molar-refractivity contribution in [3.05, 3.63) is 77.9 Å². The summed E-state index contributed by atoms with van der Waals surface area (Å²) in [7, 11) is 0. The molecule has 1 aliphatic rings. The number of aryl methyl sites for hydroxylation is 1. The quantitative estimate of drug-likeness (QED) is 0.583. The van der Waals surface area contributed by atoms with Gasteiger partial charge < -0.3 is 9.88 Å². The molecule has 0 bridgehead atoms. The zero-order valence-corrected chi connectivity index (χ0v) is 16.0. The van der Waals surface area contributed by atoms with Crippen LogP contribution in [-0.2, 0) is 13.0 Å². The van der Waals surface area contributed by atoms with Crippen molar-refractivity contribution in [3.63, 3.8) is 0 Å². The van der Waals surface area contributed by atoms with E-state index in [0.717, 1.165) is 53.7 Å². The van der Waals surface area contributed by atoms with Gasteiger partial charge in [0.2, 0.25) is 0 Å². The minimum absolute atomic E-state index is 0.187. The summed E-state index contributed by atoms with van der Waals surface area (Å²) in [5.74, 6) is 1.69. The number of aromatic nitrogens is 5. The largest absolute Gasteiger partial charge is 0.322 e. The van der Waals surface area contributed by atoms with Crippen LogP contribution >= 0.6 is 0 Å². The van der Waals surface area contributed by atoms with E-state index in [9.17, 15) is 4.79 Å². The van der Waals surface area contributed by atoms with Crippen molar-refractivity contribution in [2.75, 3.05) is 5.32 Å². The zero-order valence-electron chi connectivity index (χ0n) is 16.0. The molecular formula is C22H20N6O. The molecule has 0 unspecified atom stereocenters. The smallest absolute Gasteiger partial charge is 0.259 e. The summed E-state index contributed by atoms with van der Waals surface area (Å²) in [5, 5.41) is 16.0. The summed E-state index contributed by atoms with van der Waals surface area (Å²) in [6.07, 6.45) is 3.67. The summed E-state index contributed by atoms with van der Waals surface area (Å²) >= 11 is 0. The predicted molar refractivity (Wildman–Crippen MR) is 110 cm³/mol. The van der Waals surface area contributed by atoms with Gasteiger partial charge in [-0.3, -0.25) is 4.79 Å². The van der Waals surface area contributed by atoms with Gasteiger partial charge in [0.1, 0.15) is 5.82 Å². The summed E-state index contributed by atoms with van der Waals surface area (Å²) in [6, 6.07) is 17.5. The Balaban J connectivity index is 1.40. The predicted octanol–water partition coefficient (Wildman–Crippen LogP) is 3.64. The lowest BCUT2D eigenvalue weighted by Crippen LogP contribution is -2.13. The highest BCUT2D eigenvalue weighted by molar-refractivity contribution is 6.05. The molecule has 144 valence electrons. The first-order valence-electron chi connectivity index (χ1n) is 9.64. The molecule has 0 saturated carbocycles. The third kappa shape index (κ3) is 3.10. The van der Waals surface area contributed by atoms with Crippen LogP contribution in [0.4, 0.5) is 5.69 Å². The minimum Gasteiger partial charge on any atom is -0.322 e. The number of anilines is 1. The molecule has 0 atom stereocenters. The Morgan fingerprint density at radius 1 is 1.07 bits per heavy atom. The van der Waals surface area contributed by atoms with E-state index >= 15 is 0 Å². The molecule has 7 heteroatoms. The fourth-order valence-corrected chi connectivity index (χ4v) is 3.76. The van der Waals surface area contributed by atoms with Crippen LogP contribution in [0.15, 0.2) is 60.8 Å². The Bertz CT molecular complexity index is 1190. The second-order valence-corrected chi connectivity index (χ2v) is 7.12. The molecule has 3 heterocycles. The van der Waals surface area contributed by atoms with Crippen LogP contribution in [0, 0.1) is 6.92 Å². The topological polar surface area (TPSA) is 77.6 Å². The van der Waals surface area contributed by atoms with Crippen LogP contribution in [0.25, 0.3) is 17.1 Å². The second kappa shape index (κ2) is 7.01. The number of rotatable bonds is 4. The Labute approximate surface area is 168 Å². The number of hydrogen-bond acceptors (Lipinski definition) is 4. The number of carbonyl (C=O) groups excluding carboxylic acids is 1. The van der Waals surface area contributed by atoms with Crippen molar-refractivity contribution >= 4 is 11.6 Å². The van der Waals surface area contributed by atoms with Crippen LogP contribution in [0.1, 0.15) is 28.3 Å². The number of benzene rings is 2. The second-order valence-electron chi connectivity index (χ2n) is 7.12. The average molecular weight is 384 g/mol. The van der Waals surface area contributed by atoms with Gasteiger partial charge >= 0.3 is 0 Å². The van der Waals surface area contributed by atoms with Crippen LogP contribution in [0.5, 0.6) is 0 Å². The number of para-hydroxylation sites is 1. The maximum atomic E-state index is 12.9. The Morgan fingerprint density at radius 3 is 2.79 bits per heavy atom. The first-order chi connectivity index (χ1) is 14.2. The van der Waals surface area contributed by atoms with Gasteiger partial charge in [0.05, 0.1) is 23.1 Å². The van der Waals surface area contributed by atoms with E-state index in [1.807, 2.05) is 61.5 Å². The summed E-state index contributed by atoms with van der Waals surface area (Å²) < 4.78 is 3.92. The van der Waals surface area contributed by atoms with Crippen molar-refractivity contribution in [3.8, 4) is 17.1 Å². The molecule has 1 N–H and O–H groups in total.